The number of carbonyl (C=O) groups is 1. The van der Waals surface area contributed by atoms with Gasteiger partial charge < -0.3 is 5.32 Å². The highest BCUT2D eigenvalue weighted by Gasteiger charge is 2.32. The number of anilines is 1. The molecule has 2 rings (SSSR count). The van der Waals surface area contributed by atoms with Gasteiger partial charge in [-0.3, -0.25) is 4.79 Å². The highest BCUT2D eigenvalue weighted by Crippen LogP contribution is 2.26. The fraction of sp³-hybridized carbons (Fsp3) is 0.462. The SMILES string of the molecule is Cc1cc(NC(=O)C2CCS(=O)(=O)C2)cc(C)c1Br. The van der Waals surface area contributed by atoms with Crippen molar-refractivity contribution >= 4 is 37.4 Å². The van der Waals surface area contributed by atoms with E-state index in [0.29, 0.717) is 12.1 Å². The summed E-state index contributed by atoms with van der Waals surface area (Å²) in [6.07, 6.45) is 0.419. The molecule has 1 aromatic carbocycles. The Morgan fingerprint density at radius 1 is 1.32 bits per heavy atom. The lowest BCUT2D eigenvalue weighted by atomic mass is 10.1. The van der Waals surface area contributed by atoms with Crippen LogP contribution in [0.1, 0.15) is 17.5 Å². The number of carbonyl (C=O) groups excluding carboxylic acids is 1. The van der Waals surface area contributed by atoms with Crippen molar-refractivity contribution in [2.24, 2.45) is 5.92 Å². The van der Waals surface area contributed by atoms with Gasteiger partial charge in [-0.2, -0.15) is 0 Å². The van der Waals surface area contributed by atoms with Gasteiger partial charge in [-0.25, -0.2) is 8.42 Å². The van der Waals surface area contributed by atoms with E-state index in [4.69, 9.17) is 0 Å². The van der Waals surface area contributed by atoms with Crippen molar-refractivity contribution in [3.63, 3.8) is 0 Å². The largest absolute Gasteiger partial charge is 0.326 e. The molecule has 1 aliphatic rings. The molecule has 1 heterocycles. The summed E-state index contributed by atoms with van der Waals surface area (Å²) < 4.78 is 23.8. The van der Waals surface area contributed by atoms with Crippen LogP contribution in [0.25, 0.3) is 0 Å². The van der Waals surface area contributed by atoms with Crippen LogP contribution in [0.5, 0.6) is 0 Å². The minimum absolute atomic E-state index is 0.0344. The van der Waals surface area contributed by atoms with E-state index in [9.17, 15) is 13.2 Å². The molecule has 0 aromatic heterocycles. The minimum Gasteiger partial charge on any atom is -0.326 e. The lowest BCUT2D eigenvalue weighted by molar-refractivity contribution is -0.119. The van der Waals surface area contributed by atoms with Crippen molar-refractivity contribution < 1.29 is 13.2 Å². The van der Waals surface area contributed by atoms with Gasteiger partial charge in [0, 0.05) is 10.2 Å². The Labute approximate surface area is 121 Å². The number of hydrogen-bond acceptors (Lipinski definition) is 3. The van der Waals surface area contributed by atoms with Gasteiger partial charge in [0.2, 0.25) is 5.91 Å². The van der Waals surface area contributed by atoms with E-state index in [1.54, 1.807) is 0 Å². The molecule has 1 fully saturated rings. The van der Waals surface area contributed by atoms with Crippen molar-refractivity contribution in [1.82, 2.24) is 0 Å². The van der Waals surface area contributed by atoms with Crippen molar-refractivity contribution in [3.05, 3.63) is 27.7 Å². The van der Waals surface area contributed by atoms with E-state index in [0.717, 1.165) is 15.6 Å². The van der Waals surface area contributed by atoms with E-state index < -0.39 is 15.8 Å². The summed E-state index contributed by atoms with van der Waals surface area (Å²) in [4.78, 5) is 12.0. The molecule has 1 N–H and O–H groups in total. The first-order chi connectivity index (χ1) is 8.78. The third-order valence-corrected chi connectivity index (χ3v) is 6.33. The molecule has 1 aliphatic heterocycles. The molecule has 1 atom stereocenters. The average Bonchev–Trinajstić information content (AvgIpc) is 2.66. The number of aryl methyl sites for hydroxylation is 2. The molecule has 1 amide bonds. The van der Waals surface area contributed by atoms with E-state index in [1.165, 1.54) is 0 Å². The number of rotatable bonds is 2. The van der Waals surface area contributed by atoms with E-state index in [2.05, 4.69) is 21.2 Å². The Bertz CT molecular complexity index is 602. The van der Waals surface area contributed by atoms with Crippen molar-refractivity contribution in [1.29, 1.82) is 0 Å². The lowest BCUT2D eigenvalue weighted by Crippen LogP contribution is -2.23. The summed E-state index contributed by atoms with van der Waals surface area (Å²) in [6.45, 7) is 3.90. The fourth-order valence-electron chi connectivity index (χ4n) is 2.26. The van der Waals surface area contributed by atoms with Gasteiger partial charge >= 0.3 is 0 Å². The summed E-state index contributed by atoms with van der Waals surface area (Å²) >= 11 is 3.47. The first kappa shape index (κ1) is 14.5. The summed E-state index contributed by atoms with van der Waals surface area (Å²) in [5.41, 5.74) is 2.79. The predicted molar refractivity (Wildman–Crippen MR) is 79.0 cm³/mol. The molecule has 6 heteroatoms. The quantitative estimate of drug-likeness (QED) is 0.895. The Kier molecular flexibility index (Phi) is 4.01. The number of sulfone groups is 1. The van der Waals surface area contributed by atoms with Crippen LogP contribution in [0, 0.1) is 19.8 Å². The summed E-state index contributed by atoms with van der Waals surface area (Å²) in [5.74, 6) is -0.548. The second-order valence-corrected chi connectivity index (χ2v) is 8.03. The zero-order valence-corrected chi connectivity index (χ0v) is 13.3. The molecule has 19 heavy (non-hydrogen) atoms. The van der Waals surface area contributed by atoms with Gasteiger partial charge in [0.15, 0.2) is 9.84 Å². The molecule has 0 bridgehead atoms. The number of hydrogen-bond donors (Lipinski definition) is 1. The van der Waals surface area contributed by atoms with Crippen LogP contribution in [0.15, 0.2) is 16.6 Å². The van der Waals surface area contributed by atoms with Gasteiger partial charge in [0.25, 0.3) is 0 Å². The Morgan fingerprint density at radius 2 is 1.89 bits per heavy atom. The second kappa shape index (κ2) is 5.25. The zero-order chi connectivity index (χ0) is 14.2. The molecule has 0 saturated carbocycles. The zero-order valence-electron chi connectivity index (χ0n) is 10.9. The lowest BCUT2D eigenvalue weighted by Gasteiger charge is -2.12. The highest BCUT2D eigenvalue weighted by molar-refractivity contribution is 9.10. The van der Waals surface area contributed by atoms with E-state index in [1.807, 2.05) is 26.0 Å². The normalized spacial score (nSPS) is 21.3. The third kappa shape index (κ3) is 3.36. The third-order valence-electron chi connectivity index (χ3n) is 3.31. The van der Waals surface area contributed by atoms with Crippen LogP contribution in [-0.4, -0.2) is 25.8 Å². The summed E-state index contributed by atoms with van der Waals surface area (Å²) in [6, 6.07) is 3.75. The molecular weight excluding hydrogens is 330 g/mol. The minimum atomic E-state index is -3.02. The molecule has 1 unspecified atom stereocenters. The second-order valence-electron chi connectivity index (χ2n) is 5.01. The van der Waals surface area contributed by atoms with Gasteiger partial charge in [0.05, 0.1) is 17.4 Å². The first-order valence-electron chi connectivity index (χ1n) is 6.06. The Balaban J connectivity index is 2.12. The van der Waals surface area contributed by atoms with Crippen LogP contribution < -0.4 is 5.32 Å². The maximum Gasteiger partial charge on any atom is 0.228 e. The maximum absolute atomic E-state index is 12.0. The number of nitrogens with one attached hydrogen (secondary N) is 1. The monoisotopic (exact) mass is 345 g/mol. The topological polar surface area (TPSA) is 63.2 Å². The smallest absolute Gasteiger partial charge is 0.228 e. The van der Waals surface area contributed by atoms with Gasteiger partial charge in [-0.15, -0.1) is 0 Å². The van der Waals surface area contributed by atoms with Crippen molar-refractivity contribution in [2.75, 3.05) is 16.8 Å². The summed E-state index contributed by atoms with van der Waals surface area (Å²) in [7, 11) is -3.02. The van der Waals surface area contributed by atoms with Gasteiger partial charge in [0.1, 0.15) is 0 Å². The van der Waals surface area contributed by atoms with Crippen LogP contribution in [0.2, 0.25) is 0 Å². The Morgan fingerprint density at radius 3 is 2.37 bits per heavy atom. The van der Waals surface area contributed by atoms with E-state index >= 15 is 0 Å². The number of amides is 1. The van der Waals surface area contributed by atoms with Crippen molar-refractivity contribution in [3.8, 4) is 0 Å². The van der Waals surface area contributed by atoms with Crippen molar-refractivity contribution in [2.45, 2.75) is 20.3 Å². The van der Waals surface area contributed by atoms with Crippen LogP contribution >= 0.6 is 15.9 Å². The molecule has 1 saturated heterocycles. The molecule has 0 radical (unpaired) electrons. The van der Waals surface area contributed by atoms with Crippen LogP contribution in [0.3, 0.4) is 0 Å². The highest BCUT2D eigenvalue weighted by atomic mass is 79.9. The standard InChI is InChI=1S/C13H16BrNO3S/c1-8-5-11(6-9(2)12(8)14)15-13(16)10-3-4-19(17,18)7-10/h5-6,10H,3-4,7H2,1-2H3,(H,15,16). The molecule has 0 spiro atoms. The van der Waals surface area contributed by atoms with E-state index in [-0.39, 0.29) is 17.4 Å². The fourth-order valence-corrected chi connectivity index (χ4v) is 4.23. The first-order valence-corrected chi connectivity index (χ1v) is 8.68. The Hall–Kier alpha value is -0.880. The number of benzene rings is 1. The van der Waals surface area contributed by atoms with Crippen LogP contribution in [-0.2, 0) is 14.6 Å². The molecule has 1 aromatic rings. The molecule has 104 valence electrons. The van der Waals surface area contributed by atoms with Crippen LogP contribution in [0.4, 0.5) is 5.69 Å². The molecular formula is C13H16BrNO3S. The average molecular weight is 346 g/mol. The summed E-state index contributed by atoms with van der Waals surface area (Å²) in [5, 5.41) is 2.81. The number of halogens is 1. The van der Waals surface area contributed by atoms with Gasteiger partial charge in [-0.05, 0) is 43.5 Å². The maximum atomic E-state index is 12.0. The molecule has 0 aliphatic carbocycles. The molecule has 4 nitrogen and oxygen atoms in total. The predicted octanol–water partition coefficient (Wildman–Crippen LogP) is 2.44. The van der Waals surface area contributed by atoms with Gasteiger partial charge in [-0.1, -0.05) is 15.9 Å².